The van der Waals surface area contributed by atoms with Crippen LogP contribution in [0.25, 0.3) is 0 Å². The van der Waals surface area contributed by atoms with Crippen LogP contribution < -0.4 is 4.90 Å². The van der Waals surface area contributed by atoms with Gasteiger partial charge in [-0.15, -0.1) is 0 Å². The number of hydrogen-bond acceptors (Lipinski definition) is 4. The maximum Gasteiger partial charge on any atom is 0.243 e. The number of nitrogens with one attached hydrogen (secondary N) is 1. The number of aromatic amines is 1. The van der Waals surface area contributed by atoms with E-state index in [9.17, 15) is 8.42 Å². The lowest BCUT2D eigenvalue weighted by Crippen LogP contribution is -2.43. The predicted molar refractivity (Wildman–Crippen MR) is 129 cm³/mol. The van der Waals surface area contributed by atoms with Gasteiger partial charge in [0, 0.05) is 31.9 Å². The lowest BCUT2D eigenvalue weighted by atomic mass is 10.1. The van der Waals surface area contributed by atoms with Gasteiger partial charge in [0.15, 0.2) is 0 Å². The molecule has 1 unspecified atom stereocenters. The summed E-state index contributed by atoms with van der Waals surface area (Å²) in [5.41, 5.74) is 4.08. The van der Waals surface area contributed by atoms with Crippen molar-refractivity contribution in [2.75, 3.05) is 11.4 Å². The number of rotatable bonds is 8. The van der Waals surface area contributed by atoms with Crippen molar-refractivity contribution in [3.8, 4) is 0 Å². The van der Waals surface area contributed by atoms with Gasteiger partial charge in [-0.1, -0.05) is 50.3 Å². The Morgan fingerprint density at radius 2 is 2.16 bits per heavy atom. The molecule has 0 bridgehead atoms. The van der Waals surface area contributed by atoms with E-state index < -0.39 is 10.0 Å². The first kappa shape index (κ1) is 23.0. The zero-order chi connectivity index (χ0) is 22.4. The van der Waals surface area contributed by atoms with Gasteiger partial charge in [0.25, 0.3) is 0 Å². The van der Waals surface area contributed by atoms with E-state index in [-0.39, 0.29) is 12.4 Å². The average molecular weight is 443 g/mol. The summed E-state index contributed by atoms with van der Waals surface area (Å²) in [5.74, 6) is 0. The van der Waals surface area contributed by atoms with Crippen molar-refractivity contribution < 1.29 is 9.84 Å². The molecule has 0 saturated carbocycles. The molecule has 3 rings (SSSR count). The molecular weight excluding hydrogens is 408 g/mol. The van der Waals surface area contributed by atoms with Crippen molar-refractivity contribution in [1.29, 1.82) is 0 Å². The normalized spacial score (nSPS) is 18.2. The van der Waals surface area contributed by atoms with E-state index >= 15 is 0 Å². The first-order chi connectivity index (χ1) is 14.9. The molecule has 1 N–H and O–H groups in total. The number of benzene rings is 1. The van der Waals surface area contributed by atoms with E-state index in [1.165, 1.54) is 6.08 Å². The van der Waals surface area contributed by atoms with Crippen LogP contribution in [0.3, 0.4) is 0 Å². The summed E-state index contributed by atoms with van der Waals surface area (Å²) < 4.78 is 28.8. The van der Waals surface area contributed by atoms with Gasteiger partial charge >= 0.3 is 0 Å². The quantitative estimate of drug-likeness (QED) is 0.589. The zero-order valence-electron chi connectivity index (χ0n) is 18.6. The van der Waals surface area contributed by atoms with Gasteiger partial charge < -0.3 is 9.88 Å². The van der Waals surface area contributed by atoms with Crippen molar-refractivity contribution in [3.05, 3.63) is 83.3 Å². The molecule has 2 aromatic rings. The summed E-state index contributed by atoms with van der Waals surface area (Å²) in [7, 11) is -3.67. The topological polar surface area (TPSA) is 69.3 Å². The fourth-order valence-electron chi connectivity index (χ4n) is 4.05. The Bertz CT molecular complexity index is 1080. The smallest absolute Gasteiger partial charge is 0.243 e. The Morgan fingerprint density at radius 3 is 2.81 bits per heavy atom. The van der Waals surface area contributed by atoms with Crippen molar-refractivity contribution in [1.82, 2.24) is 14.3 Å². The van der Waals surface area contributed by atoms with Crippen molar-refractivity contribution in [2.24, 2.45) is 0 Å². The van der Waals surface area contributed by atoms with Gasteiger partial charge in [0.1, 0.15) is 0 Å². The number of sulfonamides is 1. The molecule has 31 heavy (non-hydrogen) atoms. The van der Waals surface area contributed by atoms with Crippen LogP contribution in [0.4, 0.5) is 5.69 Å². The lowest BCUT2D eigenvalue weighted by molar-refractivity contribution is 0.372. The van der Waals surface area contributed by atoms with Crippen molar-refractivity contribution in [2.45, 2.75) is 52.7 Å². The highest BCUT2D eigenvalue weighted by Crippen LogP contribution is 2.33. The molecule has 7 heteroatoms. The van der Waals surface area contributed by atoms with Gasteiger partial charge in [0.05, 0.1) is 23.5 Å². The molecule has 6 nitrogen and oxygen atoms in total. The Hall–Kier alpha value is -2.64. The van der Waals surface area contributed by atoms with Crippen LogP contribution in [0.1, 0.15) is 45.1 Å². The van der Waals surface area contributed by atoms with Crippen molar-refractivity contribution >= 4 is 15.7 Å². The predicted octanol–water partition coefficient (Wildman–Crippen LogP) is 4.93. The molecule has 0 spiro atoms. The van der Waals surface area contributed by atoms with E-state index in [0.29, 0.717) is 19.6 Å². The molecule has 1 aromatic carbocycles. The van der Waals surface area contributed by atoms with Crippen LogP contribution in [0, 0.1) is 6.92 Å². The lowest BCUT2D eigenvalue weighted by Gasteiger charge is -2.34. The highest BCUT2D eigenvalue weighted by atomic mass is 32.2. The summed E-state index contributed by atoms with van der Waals surface area (Å²) in [4.78, 5) is 10.2. The van der Waals surface area contributed by atoms with Gasteiger partial charge in [-0.25, -0.2) is 13.4 Å². The number of anilines is 1. The molecule has 0 aliphatic carbocycles. The molecule has 0 fully saturated rings. The number of imidazole rings is 1. The average Bonchev–Trinajstić information content (AvgIpc) is 3.08. The largest absolute Gasteiger partial charge is 0.361 e. The number of aryl methyl sites for hydroxylation is 1. The third-order valence-corrected chi connectivity index (χ3v) is 7.46. The number of hydrogen-bond donors (Lipinski definition) is 1. The van der Waals surface area contributed by atoms with Gasteiger partial charge in [0.2, 0.25) is 10.0 Å². The second-order valence-corrected chi connectivity index (χ2v) is 9.71. The molecule has 0 saturated heterocycles. The number of aromatic nitrogens is 2. The number of fused-ring (bicyclic) bond motifs is 1. The van der Waals surface area contributed by atoms with E-state index in [4.69, 9.17) is 0 Å². The van der Waals surface area contributed by atoms with E-state index in [1.54, 1.807) is 28.9 Å². The summed E-state index contributed by atoms with van der Waals surface area (Å²) >= 11 is 0. The molecule has 168 valence electrons. The van der Waals surface area contributed by atoms with Crippen LogP contribution in [-0.2, 0) is 23.1 Å². The molecular formula is C24H34N4O2S. The molecule has 0 amide bonds. The van der Waals surface area contributed by atoms with Crippen molar-refractivity contribution in [3.63, 3.8) is 0 Å². The minimum atomic E-state index is -3.67. The molecule has 2 heterocycles. The summed E-state index contributed by atoms with van der Waals surface area (Å²) in [6.07, 6.45) is 10.0. The molecule has 1 atom stereocenters. The molecule has 1 aliphatic heterocycles. The number of H-pyrrole nitrogens is 1. The van der Waals surface area contributed by atoms with E-state index in [1.807, 2.05) is 32.0 Å². The van der Waals surface area contributed by atoms with E-state index in [2.05, 4.69) is 34.4 Å². The van der Waals surface area contributed by atoms with Crippen LogP contribution in [0.2, 0.25) is 0 Å². The number of nitrogens with zero attached hydrogens (tertiary/aromatic N) is 3. The maximum atomic E-state index is 13.6. The third kappa shape index (κ3) is 4.99. The molecule has 0 radical (unpaired) electrons. The SMILES string of the molecule is C=C/C=C(\C=C/C)S(=O)(=O)N1Cc2ccccc2N(Cc2nc[nH]c2C)C(CCC)C1.[HH]. The zero-order valence-corrected chi connectivity index (χ0v) is 19.4. The van der Waals surface area contributed by atoms with Crippen LogP contribution in [-0.4, -0.2) is 35.3 Å². The monoisotopic (exact) mass is 442 g/mol. The standard InChI is InChI=1S/C24H32N4O2S.H2/c1-5-10-21-16-27(31(29,30)22(11-6-2)12-7-3)15-20-13-8-9-14-24(20)28(21)17-23-19(4)25-18-26-23;/h6-9,11-14,18,21H,2,5,10,15-17H2,1,3-4H3,(H,25,26);1H/b12-7-,22-11+;. The first-order valence-corrected chi connectivity index (χ1v) is 12.1. The van der Waals surface area contributed by atoms with Crippen LogP contribution in [0.5, 0.6) is 0 Å². The Labute approximate surface area is 187 Å². The van der Waals surface area contributed by atoms with Crippen LogP contribution in [0.15, 0.2) is 66.4 Å². The Balaban J connectivity index is 0.00000363. The Kier molecular flexibility index (Phi) is 7.51. The summed E-state index contributed by atoms with van der Waals surface area (Å²) in [6, 6.07) is 8.12. The van der Waals surface area contributed by atoms with Gasteiger partial charge in [-0.2, -0.15) is 4.31 Å². The third-order valence-electron chi connectivity index (χ3n) is 5.63. The fourth-order valence-corrected chi connectivity index (χ4v) is 5.60. The second-order valence-electron chi connectivity index (χ2n) is 7.78. The molecule has 1 aromatic heterocycles. The minimum Gasteiger partial charge on any atom is -0.361 e. The first-order valence-electron chi connectivity index (χ1n) is 10.7. The number of para-hydroxylation sites is 1. The molecule has 1 aliphatic rings. The van der Waals surface area contributed by atoms with Gasteiger partial charge in [-0.05, 0) is 44.1 Å². The summed E-state index contributed by atoms with van der Waals surface area (Å²) in [5, 5.41) is 0. The fraction of sp³-hybridized carbons (Fsp3) is 0.375. The minimum absolute atomic E-state index is 0. The van der Waals surface area contributed by atoms with Crippen LogP contribution >= 0.6 is 0 Å². The van der Waals surface area contributed by atoms with Gasteiger partial charge in [-0.3, -0.25) is 0 Å². The highest BCUT2D eigenvalue weighted by Gasteiger charge is 2.34. The second kappa shape index (κ2) is 10.1. The Morgan fingerprint density at radius 1 is 1.39 bits per heavy atom. The number of allylic oxidation sites excluding steroid dienone is 4. The maximum absolute atomic E-state index is 13.6. The summed E-state index contributed by atoms with van der Waals surface area (Å²) in [6.45, 7) is 11.0. The highest BCUT2D eigenvalue weighted by molar-refractivity contribution is 7.93. The van der Waals surface area contributed by atoms with E-state index in [0.717, 1.165) is 35.5 Å².